The molecular formula is C40H92N12. The van der Waals surface area contributed by atoms with Crippen LogP contribution in [0.25, 0.3) is 0 Å². The van der Waals surface area contributed by atoms with Gasteiger partial charge in [-0.15, -0.1) is 0 Å². The number of likely N-dealkylation sites (N-methyl/N-ethyl adjacent to an activating group) is 11. The van der Waals surface area contributed by atoms with Crippen molar-refractivity contribution in [3.05, 3.63) is 0 Å². The van der Waals surface area contributed by atoms with Gasteiger partial charge in [-0.1, -0.05) is 0 Å². The fraction of sp³-hybridized carbons (Fsp3) is 1.00. The minimum atomic E-state index is 1.16. The van der Waals surface area contributed by atoms with Crippen molar-refractivity contribution in [1.29, 1.82) is 0 Å². The summed E-state index contributed by atoms with van der Waals surface area (Å²) < 4.78 is 0. The van der Waals surface area contributed by atoms with Crippen LogP contribution in [-0.2, 0) is 0 Å². The monoisotopic (exact) mass is 741 g/mol. The second kappa shape index (κ2) is 30.7. The molecule has 3 saturated heterocycles. The Labute approximate surface area is 325 Å². The van der Waals surface area contributed by atoms with Crippen LogP contribution >= 0.6 is 0 Å². The van der Waals surface area contributed by atoms with Crippen molar-refractivity contribution >= 4 is 0 Å². The molecule has 0 bridgehead atoms. The highest BCUT2D eigenvalue weighted by Gasteiger charge is 2.11. The van der Waals surface area contributed by atoms with Crippen molar-refractivity contribution in [2.45, 2.75) is 25.7 Å². The van der Waals surface area contributed by atoms with Gasteiger partial charge in [0, 0.05) is 105 Å². The lowest BCUT2D eigenvalue weighted by Gasteiger charge is -2.26. The van der Waals surface area contributed by atoms with E-state index in [4.69, 9.17) is 0 Å². The van der Waals surface area contributed by atoms with Crippen molar-refractivity contribution in [3.8, 4) is 0 Å². The fourth-order valence-electron chi connectivity index (χ4n) is 6.52. The van der Waals surface area contributed by atoms with Gasteiger partial charge in [0.1, 0.15) is 0 Å². The number of hydrogen-bond donors (Lipinski definition) is 0. The van der Waals surface area contributed by atoms with Crippen LogP contribution in [0.4, 0.5) is 0 Å². The summed E-state index contributed by atoms with van der Waals surface area (Å²) in [5, 5.41) is 0. The summed E-state index contributed by atoms with van der Waals surface area (Å²) in [6.45, 7) is 28.6. The SMILES string of the molecule is CN1CCCN(C)CCN(C)CCC1.CN1CCCN(C)CCN(C)CCCN(C)CC1.CN1CCN(C)CCN(C)CCN(C)CCN(C)CC1. The number of rotatable bonds is 0. The zero-order valence-electron chi connectivity index (χ0n) is 37.2. The standard InChI is InChI=1S/C15H35N5.C14H32N4.C11H25N3/c1-16-6-8-17(2)10-12-19(4)14-15-20(5)13-11-18(3)9-7-16;1-15-7-5-8-17(3)13-14-18(4)10-6-9-16(2)12-11-15;1-12-6-4-8-13(2)10-11-14(3)9-5-7-12/h6-15H2,1-5H3;5-14H2,1-4H3;4-11H2,1-3H3. The molecule has 52 heavy (non-hydrogen) atoms. The lowest BCUT2D eigenvalue weighted by molar-refractivity contribution is 0.206. The van der Waals surface area contributed by atoms with Crippen molar-refractivity contribution < 1.29 is 0 Å². The third-order valence-electron chi connectivity index (χ3n) is 11.2. The summed E-state index contributed by atoms with van der Waals surface area (Å²) in [6.07, 6.45) is 5.16. The average molecular weight is 741 g/mol. The van der Waals surface area contributed by atoms with Gasteiger partial charge < -0.3 is 58.8 Å². The van der Waals surface area contributed by atoms with Gasteiger partial charge in [-0.25, -0.2) is 0 Å². The Bertz CT molecular complexity index is 672. The first kappa shape index (κ1) is 49.5. The molecule has 0 spiro atoms. The molecule has 0 aromatic heterocycles. The highest BCUT2D eigenvalue weighted by molar-refractivity contribution is 4.67. The topological polar surface area (TPSA) is 38.9 Å². The van der Waals surface area contributed by atoms with Crippen LogP contribution in [0.5, 0.6) is 0 Å². The molecule has 312 valence electrons. The maximum atomic E-state index is 2.46. The first-order valence-corrected chi connectivity index (χ1v) is 21.0. The van der Waals surface area contributed by atoms with E-state index in [-0.39, 0.29) is 0 Å². The summed E-state index contributed by atoms with van der Waals surface area (Å²) in [5.74, 6) is 0. The van der Waals surface area contributed by atoms with E-state index in [0.29, 0.717) is 0 Å². The Balaban J connectivity index is 0.000000396. The summed E-state index contributed by atoms with van der Waals surface area (Å²) in [5.41, 5.74) is 0. The zero-order valence-corrected chi connectivity index (χ0v) is 37.2. The van der Waals surface area contributed by atoms with E-state index in [0.717, 1.165) is 65.4 Å². The molecule has 0 N–H and O–H groups in total. The molecule has 3 fully saturated rings. The smallest absolute Gasteiger partial charge is 0.0107 e. The van der Waals surface area contributed by atoms with Gasteiger partial charge in [-0.2, -0.15) is 0 Å². The van der Waals surface area contributed by atoms with Crippen LogP contribution in [0.2, 0.25) is 0 Å². The first-order valence-electron chi connectivity index (χ1n) is 21.0. The van der Waals surface area contributed by atoms with E-state index >= 15 is 0 Å². The number of nitrogens with zero attached hydrogens (tertiary/aromatic N) is 12. The van der Waals surface area contributed by atoms with Crippen LogP contribution in [-0.4, -0.2) is 300 Å². The molecule has 3 aliphatic rings. The molecule has 0 aromatic carbocycles. The van der Waals surface area contributed by atoms with E-state index in [2.05, 4.69) is 143 Å². The fourth-order valence-corrected chi connectivity index (χ4v) is 6.52. The molecule has 0 radical (unpaired) electrons. The van der Waals surface area contributed by atoms with Gasteiger partial charge >= 0.3 is 0 Å². The molecule has 0 aliphatic carbocycles. The van der Waals surface area contributed by atoms with Crippen LogP contribution in [0, 0.1) is 0 Å². The molecule has 0 amide bonds. The van der Waals surface area contributed by atoms with Crippen molar-refractivity contribution in [2.75, 3.05) is 242 Å². The molecule has 3 aliphatic heterocycles. The predicted molar refractivity (Wildman–Crippen MR) is 228 cm³/mol. The van der Waals surface area contributed by atoms with Crippen LogP contribution in [0.1, 0.15) is 25.7 Å². The summed E-state index contributed by atoms with van der Waals surface area (Å²) >= 11 is 0. The molecule has 12 nitrogen and oxygen atoms in total. The van der Waals surface area contributed by atoms with E-state index < -0.39 is 0 Å². The van der Waals surface area contributed by atoms with E-state index in [1.54, 1.807) is 0 Å². The van der Waals surface area contributed by atoms with Crippen molar-refractivity contribution in [1.82, 2.24) is 58.8 Å². The minimum absolute atomic E-state index is 1.16. The second-order valence-electron chi connectivity index (χ2n) is 17.1. The average Bonchev–Trinajstić information content (AvgIpc) is 3.14. The lowest BCUT2D eigenvalue weighted by atomic mass is 10.3. The van der Waals surface area contributed by atoms with Crippen LogP contribution in [0.3, 0.4) is 0 Å². The second-order valence-corrected chi connectivity index (χ2v) is 17.1. The normalized spacial score (nSPS) is 26.1. The quantitative estimate of drug-likeness (QED) is 0.352. The largest absolute Gasteiger partial charge is 0.306 e. The maximum absolute atomic E-state index is 2.46. The lowest BCUT2D eigenvalue weighted by Crippen LogP contribution is -2.38. The van der Waals surface area contributed by atoms with E-state index in [9.17, 15) is 0 Å². The highest BCUT2D eigenvalue weighted by Crippen LogP contribution is 2.00. The van der Waals surface area contributed by atoms with Crippen LogP contribution < -0.4 is 0 Å². The maximum Gasteiger partial charge on any atom is 0.0107 e. The molecule has 12 heteroatoms. The predicted octanol–water partition coefficient (Wildman–Crippen LogP) is 0.742. The summed E-state index contributed by atoms with van der Waals surface area (Å²) in [6, 6.07) is 0. The Morgan fingerprint density at radius 1 is 0.135 bits per heavy atom. The highest BCUT2D eigenvalue weighted by atomic mass is 15.2. The zero-order chi connectivity index (χ0) is 38.7. The van der Waals surface area contributed by atoms with Gasteiger partial charge in [-0.05, 0) is 163 Å². The van der Waals surface area contributed by atoms with E-state index in [1.807, 2.05) is 0 Å². The van der Waals surface area contributed by atoms with Gasteiger partial charge in [-0.3, -0.25) is 0 Å². The van der Waals surface area contributed by atoms with Crippen LogP contribution in [0.15, 0.2) is 0 Å². The van der Waals surface area contributed by atoms with Crippen molar-refractivity contribution in [3.63, 3.8) is 0 Å². The Hall–Kier alpha value is -0.480. The molecule has 0 unspecified atom stereocenters. The number of hydrogen-bond acceptors (Lipinski definition) is 12. The van der Waals surface area contributed by atoms with Gasteiger partial charge in [0.2, 0.25) is 0 Å². The molecule has 3 heterocycles. The van der Waals surface area contributed by atoms with Gasteiger partial charge in [0.25, 0.3) is 0 Å². The molecule has 0 aromatic rings. The van der Waals surface area contributed by atoms with E-state index in [1.165, 1.54) is 117 Å². The van der Waals surface area contributed by atoms with Crippen molar-refractivity contribution in [2.24, 2.45) is 0 Å². The Morgan fingerprint density at radius 3 is 0.327 bits per heavy atom. The Morgan fingerprint density at radius 2 is 0.212 bits per heavy atom. The molecular weight excluding hydrogens is 649 g/mol. The molecule has 0 atom stereocenters. The molecule has 3 rings (SSSR count). The summed E-state index contributed by atoms with van der Waals surface area (Å²) in [4.78, 5) is 29.4. The summed E-state index contributed by atoms with van der Waals surface area (Å²) in [7, 11) is 26.8. The third-order valence-corrected chi connectivity index (χ3v) is 11.2. The van der Waals surface area contributed by atoms with Gasteiger partial charge in [0.05, 0.1) is 0 Å². The third kappa shape index (κ3) is 28.9. The minimum Gasteiger partial charge on any atom is -0.306 e. The molecule has 0 saturated carbocycles. The Kier molecular flexibility index (Phi) is 29.3. The first-order chi connectivity index (χ1) is 24.7. The van der Waals surface area contributed by atoms with Gasteiger partial charge in [0.15, 0.2) is 0 Å².